The number of aromatic nitrogens is 5. The summed E-state index contributed by atoms with van der Waals surface area (Å²) in [4.78, 5) is 23.8. The molecular formula is C17H14N6O. The van der Waals surface area contributed by atoms with Crippen molar-refractivity contribution < 1.29 is 4.79 Å². The molecule has 0 saturated heterocycles. The maximum atomic E-state index is 12.3. The van der Waals surface area contributed by atoms with E-state index in [1.165, 1.54) is 0 Å². The molecule has 0 aromatic carbocycles. The molecule has 0 aliphatic carbocycles. The number of carbonyl (C=O) groups excluding carboxylic acids is 1. The smallest absolute Gasteiger partial charge is 0.257 e. The highest BCUT2D eigenvalue weighted by atomic mass is 16.1. The molecule has 0 fully saturated rings. The third-order valence-corrected chi connectivity index (χ3v) is 3.71. The zero-order valence-electron chi connectivity index (χ0n) is 12.9. The number of amides is 1. The molecule has 0 aliphatic heterocycles. The molecule has 0 spiro atoms. The number of hydrogen-bond acceptors (Lipinski definition) is 4. The van der Waals surface area contributed by atoms with Crippen molar-refractivity contribution in [1.29, 1.82) is 0 Å². The first-order valence-corrected chi connectivity index (χ1v) is 7.42. The standard InChI is InChI=1S/C17H14N6O/c1-10-4-5-12(9-19-10)21-17(24)11-7-14(20-8-11)15-13-3-2-6-18-16(13)23-22-15/h2-9,20H,1H3,(H,21,24)(H,18,22,23). The molecule has 4 heterocycles. The average molecular weight is 318 g/mol. The van der Waals surface area contributed by atoms with Gasteiger partial charge in [-0.25, -0.2) is 4.98 Å². The van der Waals surface area contributed by atoms with Crippen LogP contribution in [0.25, 0.3) is 22.4 Å². The first-order chi connectivity index (χ1) is 11.7. The number of aromatic amines is 2. The van der Waals surface area contributed by atoms with E-state index >= 15 is 0 Å². The summed E-state index contributed by atoms with van der Waals surface area (Å²) in [5.41, 5.74) is 4.30. The Bertz CT molecular complexity index is 1010. The lowest BCUT2D eigenvalue weighted by Gasteiger charge is -2.03. The molecule has 0 radical (unpaired) electrons. The summed E-state index contributed by atoms with van der Waals surface area (Å²) in [7, 11) is 0. The number of nitrogens with one attached hydrogen (secondary N) is 3. The van der Waals surface area contributed by atoms with Crippen LogP contribution in [0.15, 0.2) is 48.9 Å². The van der Waals surface area contributed by atoms with Gasteiger partial charge in [0.2, 0.25) is 0 Å². The minimum atomic E-state index is -0.204. The van der Waals surface area contributed by atoms with E-state index in [2.05, 4.69) is 30.5 Å². The summed E-state index contributed by atoms with van der Waals surface area (Å²) in [6.07, 6.45) is 4.99. The lowest BCUT2D eigenvalue weighted by molar-refractivity contribution is 0.102. The molecule has 4 rings (SSSR count). The van der Waals surface area contributed by atoms with E-state index in [0.29, 0.717) is 16.9 Å². The van der Waals surface area contributed by atoms with Crippen LogP contribution in [0.5, 0.6) is 0 Å². The maximum Gasteiger partial charge on any atom is 0.257 e. The second-order valence-corrected chi connectivity index (χ2v) is 5.42. The van der Waals surface area contributed by atoms with Crippen LogP contribution in [-0.2, 0) is 0 Å². The summed E-state index contributed by atoms with van der Waals surface area (Å²) >= 11 is 0. The van der Waals surface area contributed by atoms with Gasteiger partial charge in [-0.05, 0) is 37.3 Å². The fourth-order valence-corrected chi connectivity index (χ4v) is 2.47. The number of carbonyl (C=O) groups is 1. The predicted octanol–water partition coefficient (Wildman–Crippen LogP) is 2.91. The highest BCUT2D eigenvalue weighted by Crippen LogP contribution is 2.24. The molecule has 0 saturated carbocycles. The third-order valence-electron chi connectivity index (χ3n) is 3.71. The van der Waals surface area contributed by atoms with E-state index in [0.717, 1.165) is 22.5 Å². The van der Waals surface area contributed by atoms with Crippen LogP contribution in [0.2, 0.25) is 0 Å². The van der Waals surface area contributed by atoms with Crippen molar-refractivity contribution in [2.45, 2.75) is 6.92 Å². The number of nitrogens with zero attached hydrogens (tertiary/aromatic N) is 3. The van der Waals surface area contributed by atoms with Gasteiger partial charge in [0, 0.05) is 23.5 Å². The summed E-state index contributed by atoms with van der Waals surface area (Å²) in [6.45, 7) is 1.90. The Balaban J connectivity index is 1.60. The Morgan fingerprint density at radius 2 is 2.12 bits per heavy atom. The summed E-state index contributed by atoms with van der Waals surface area (Å²) in [5.74, 6) is -0.204. The number of H-pyrrole nitrogens is 2. The van der Waals surface area contributed by atoms with Crippen molar-refractivity contribution in [3.63, 3.8) is 0 Å². The van der Waals surface area contributed by atoms with E-state index in [4.69, 9.17) is 0 Å². The highest BCUT2D eigenvalue weighted by molar-refractivity contribution is 6.05. The topological polar surface area (TPSA) is 99.3 Å². The summed E-state index contributed by atoms with van der Waals surface area (Å²) in [5, 5.41) is 10.8. The van der Waals surface area contributed by atoms with Gasteiger partial charge in [0.15, 0.2) is 5.65 Å². The molecule has 0 aliphatic rings. The van der Waals surface area contributed by atoms with E-state index in [1.54, 1.807) is 24.7 Å². The molecule has 7 nitrogen and oxygen atoms in total. The zero-order chi connectivity index (χ0) is 16.5. The quantitative estimate of drug-likeness (QED) is 0.541. The van der Waals surface area contributed by atoms with Crippen LogP contribution in [0.3, 0.4) is 0 Å². The zero-order valence-corrected chi connectivity index (χ0v) is 12.9. The van der Waals surface area contributed by atoms with Crippen LogP contribution in [0, 0.1) is 6.92 Å². The van der Waals surface area contributed by atoms with E-state index in [-0.39, 0.29) is 5.91 Å². The number of fused-ring (bicyclic) bond motifs is 1. The molecule has 4 aromatic rings. The molecule has 1 amide bonds. The van der Waals surface area contributed by atoms with Gasteiger partial charge in [0.05, 0.1) is 28.8 Å². The Morgan fingerprint density at radius 3 is 2.96 bits per heavy atom. The first-order valence-electron chi connectivity index (χ1n) is 7.42. The highest BCUT2D eigenvalue weighted by Gasteiger charge is 2.13. The normalized spacial score (nSPS) is 10.9. The largest absolute Gasteiger partial charge is 0.359 e. The van der Waals surface area contributed by atoms with Gasteiger partial charge in [0.1, 0.15) is 0 Å². The number of pyridine rings is 2. The van der Waals surface area contributed by atoms with Crippen LogP contribution in [0.1, 0.15) is 16.1 Å². The van der Waals surface area contributed by atoms with Gasteiger partial charge in [-0.3, -0.25) is 14.9 Å². The first kappa shape index (κ1) is 14.1. The van der Waals surface area contributed by atoms with Gasteiger partial charge in [-0.1, -0.05) is 0 Å². The Labute approximate surface area is 137 Å². The van der Waals surface area contributed by atoms with Crippen molar-refractivity contribution in [3.05, 3.63) is 60.2 Å². The minimum Gasteiger partial charge on any atom is -0.359 e. The summed E-state index contributed by atoms with van der Waals surface area (Å²) in [6, 6.07) is 9.22. The van der Waals surface area contributed by atoms with Crippen molar-refractivity contribution in [3.8, 4) is 11.4 Å². The van der Waals surface area contributed by atoms with E-state index in [1.807, 2.05) is 31.2 Å². The molecular weight excluding hydrogens is 304 g/mol. The number of hydrogen-bond donors (Lipinski definition) is 3. The molecule has 0 unspecified atom stereocenters. The molecule has 3 N–H and O–H groups in total. The van der Waals surface area contributed by atoms with Crippen LogP contribution >= 0.6 is 0 Å². The number of rotatable bonds is 3. The van der Waals surface area contributed by atoms with E-state index < -0.39 is 0 Å². The monoisotopic (exact) mass is 318 g/mol. The Kier molecular flexibility index (Phi) is 3.31. The third kappa shape index (κ3) is 2.52. The van der Waals surface area contributed by atoms with Gasteiger partial charge in [0.25, 0.3) is 5.91 Å². The molecule has 4 aromatic heterocycles. The molecule has 24 heavy (non-hydrogen) atoms. The van der Waals surface area contributed by atoms with Crippen molar-refractivity contribution >= 4 is 22.6 Å². The molecule has 7 heteroatoms. The molecule has 0 atom stereocenters. The number of anilines is 1. The van der Waals surface area contributed by atoms with Gasteiger partial charge >= 0.3 is 0 Å². The SMILES string of the molecule is Cc1ccc(NC(=O)c2c[nH]c(-c3[nH]nc4ncccc34)c2)cn1. The second-order valence-electron chi connectivity index (χ2n) is 5.42. The molecule has 118 valence electrons. The van der Waals surface area contributed by atoms with Crippen molar-refractivity contribution in [2.75, 3.05) is 5.32 Å². The van der Waals surface area contributed by atoms with Gasteiger partial charge < -0.3 is 10.3 Å². The minimum absolute atomic E-state index is 0.204. The maximum absolute atomic E-state index is 12.3. The fourth-order valence-electron chi connectivity index (χ4n) is 2.47. The fraction of sp³-hybridized carbons (Fsp3) is 0.0588. The Morgan fingerprint density at radius 1 is 1.21 bits per heavy atom. The van der Waals surface area contributed by atoms with Crippen molar-refractivity contribution in [2.24, 2.45) is 0 Å². The Hall–Kier alpha value is -3.48. The lowest BCUT2D eigenvalue weighted by atomic mass is 10.2. The van der Waals surface area contributed by atoms with Crippen LogP contribution in [0.4, 0.5) is 5.69 Å². The average Bonchev–Trinajstić information content (AvgIpc) is 3.23. The van der Waals surface area contributed by atoms with Gasteiger partial charge in [-0.15, -0.1) is 0 Å². The van der Waals surface area contributed by atoms with E-state index in [9.17, 15) is 4.79 Å². The number of aryl methyl sites for hydroxylation is 1. The predicted molar refractivity (Wildman–Crippen MR) is 90.6 cm³/mol. The van der Waals surface area contributed by atoms with Crippen LogP contribution < -0.4 is 5.32 Å². The lowest BCUT2D eigenvalue weighted by Crippen LogP contribution is -2.11. The molecule has 0 bridgehead atoms. The van der Waals surface area contributed by atoms with Crippen LogP contribution in [-0.4, -0.2) is 31.1 Å². The second kappa shape index (κ2) is 5.62. The van der Waals surface area contributed by atoms with Gasteiger partial charge in [-0.2, -0.15) is 5.10 Å². The summed E-state index contributed by atoms with van der Waals surface area (Å²) < 4.78 is 0. The van der Waals surface area contributed by atoms with Crippen molar-refractivity contribution in [1.82, 2.24) is 25.1 Å².